The lowest BCUT2D eigenvalue weighted by Crippen LogP contribution is -2.48. The van der Waals surface area contributed by atoms with Crippen LogP contribution >= 0.6 is 0 Å². The molecule has 184 valence electrons. The predicted octanol–water partition coefficient (Wildman–Crippen LogP) is 4.42. The Kier molecular flexibility index (Phi) is 5.70. The van der Waals surface area contributed by atoms with Crippen LogP contribution in [0.4, 0.5) is 11.4 Å². The maximum absolute atomic E-state index is 13.3. The molecule has 0 aliphatic carbocycles. The highest BCUT2D eigenvalue weighted by atomic mass is 16.4. The van der Waals surface area contributed by atoms with E-state index in [0.29, 0.717) is 17.3 Å². The third-order valence-electron chi connectivity index (χ3n) is 7.29. The molecule has 1 fully saturated rings. The standard InChI is InChI=1S/C29H26N6O2/c1-19-31-32-28(37-19)20-11-12-25(21(17-20)18-30)34-13-15-35(16-14-34)27-22-7-3-4-8-23(22)29(36)33(2)26-10-6-5-9-24(26)27/h3-12,17,27H,13-16H2,1-2H3. The van der Waals surface area contributed by atoms with Gasteiger partial charge >= 0.3 is 0 Å². The van der Waals surface area contributed by atoms with Gasteiger partial charge in [-0.3, -0.25) is 9.69 Å². The van der Waals surface area contributed by atoms with Crippen LogP contribution < -0.4 is 9.80 Å². The lowest BCUT2D eigenvalue weighted by atomic mass is 9.93. The van der Waals surface area contributed by atoms with E-state index < -0.39 is 0 Å². The number of amides is 1. The normalized spacial score (nSPS) is 17.6. The first kappa shape index (κ1) is 23.0. The Morgan fingerprint density at radius 3 is 2.38 bits per heavy atom. The van der Waals surface area contributed by atoms with Crippen LogP contribution in [0.3, 0.4) is 0 Å². The van der Waals surface area contributed by atoms with Crippen LogP contribution in [0.5, 0.6) is 0 Å². The molecule has 6 rings (SSSR count). The first-order chi connectivity index (χ1) is 18.0. The molecule has 4 aromatic rings. The van der Waals surface area contributed by atoms with E-state index in [9.17, 15) is 10.1 Å². The fourth-order valence-electron chi connectivity index (χ4n) is 5.47. The van der Waals surface area contributed by atoms with E-state index in [1.807, 2.05) is 61.6 Å². The van der Waals surface area contributed by atoms with E-state index in [4.69, 9.17) is 4.42 Å². The second-order valence-corrected chi connectivity index (χ2v) is 9.41. The van der Waals surface area contributed by atoms with E-state index in [2.05, 4.69) is 38.2 Å². The number of aryl methyl sites for hydroxylation is 1. The zero-order valence-corrected chi connectivity index (χ0v) is 20.8. The number of para-hydroxylation sites is 1. The maximum atomic E-state index is 13.3. The van der Waals surface area contributed by atoms with Crippen molar-refractivity contribution in [2.75, 3.05) is 43.0 Å². The Balaban J connectivity index is 1.30. The molecule has 1 saturated heterocycles. The van der Waals surface area contributed by atoms with Crippen molar-refractivity contribution in [2.24, 2.45) is 0 Å². The summed E-state index contributed by atoms with van der Waals surface area (Å²) in [5.41, 5.74) is 6.07. The van der Waals surface area contributed by atoms with E-state index in [1.54, 1.807) is 11.8 Å². The highest BCUT2D eigenvalue weighted by Crippen LogP contribution is 2.40. The zero-order chi connectivity index (χ0) is 25.5. The van der Waals surface area contributed by atoms with Crippen molar-refractivity contribution in [2.45, 2.75) is 13.0 Å². The Labute approximate surface area is 215 Å². The van der Waals surface area contributed by atoms with Crippen molar-refractivity contribution < 1.29 is 9.21 Å². The van der Waals surface area contributed by atoms with Gasteiger partial charge in [0.15, 0.2) is 0 Å². The summed E-state index contributed by atoms with van der Waals surface area (Å²) in [4.78, 5) is 19.8. The van der Waals surface area contributed by atoms with Gasteiger partial charge in [0, 0.05) is 57.0 Å². The number of nitriles is 1. The number of benzene rings is 3. The number of carbonyl (C=O) groups is 1. The third kappa shape index (κ3) is 3.94. The quantitative estimate of drug-likeness (QED) is 0.420. The fraction of sp³-hybridized carbons (Fsp3) is 0.241. The van der Waals surface area contributed by atoms with E-state index >= 15 is 0 Å². The molecule has 8 heteroatoms. The molecule has 3 heterocycles. The van der Waals surface area contributed by atoms with E-state index in [0.717, 1.165) is 59.8 Å². The molecule has 2 aliphatic heterocycles. The van der Waals surface area contributed by atoms with Gasteiger partial charge in [-0.15, -0.1) is 10.2 Å². The maximum Gasteiger partial charge on any atom is 0.258 e. The number of aromatic nitrogens is 2. The molecule has 0 spiro atoms. The molecule has 0 saturated carbocycles. The highest BCUT2D eigenvalue weighted by Gasteiger charge is 2.35. The minimum Gasteiger partial charge on any atom is -0.421 e. The molecular formula is C29H26N6O2. The van der Waals surface area contributed by atoms with Crippen molar-refractivity contribution in [1.82, 2.24) is 15.1 Å². The Morgan fingerprint density at radius 2 is 1.65 bits per heavy atom. The summed E-state index contributed by atoms with van der Waals surface area (Å²) in [6.07, 6.45) is 0. The zero-order valence-electron chi connectivity index (χ0n) is 20.8. The first-order valence-corrected chi connectivity index (χ1v) is 12.3. The summed E-state index contributed by atoms with van der Waals surface area (Å²) in [6, 6.07) is 24.1. The molecule has 0 radical (unpaired) electrons. The average molecular weight is 491 g/mol. The van der Waals surface area contributed by atoms with Crippen LogP contribution in [0, 0.1) is 18.3 Å². The van der Waals surface area contributed by atoms with E-state index in [1.165, 1.54) is 0 Å². The van der Waals surface area contributed by atoms with Gasteiger partial charge in [0.05, 0.1) is 17.3 Å². The SMILES string of the molecule is Cc1nnc(-c2ccc(N3CCN(C4c5ccccc5C(=O)N(C)c5ccccc54)CC3)c(C#N)c2)o1. The van der Waals surface area contributed by atoms with E-state index in [-0.39, 0.29) is 11.9 Å². The molecule has 1 unspecified atom stereocenters. The number of hydrogen-bond donors (Lipinski definition) is 0. The molecule has 0 bridgehead atoms. The van der Waals surface area contributed by atoms with Gasteiger partial charge in [-0.1, -0.05) is 36.4 Å². The number of hydrogen-bond acceptors (Lipinski definition) is 7. The largest absolute Gasteiger partial charge is 0.421 e. The second kappa shape index (κ2) is 9.19. The molecule has 0 N–H and O–H groups in total. The van der Waals surface area contributed by atoms with Crippen LogP contribution in [-0.2, 0) is 0 Å². The molecular weight excluding hydrogens is 464 g/mol. The van der Waals surface area contributed by atoms with Crippen molar-refractivity contribution in [3.63, 3.8) is 0 Å². The number of piperazine rings is 1. The lowest BCUT2D eigenvalue weighted by molar-refractivity contribution is 0.0992. The van der Waals surface area contributed by atoms with Crippen LogP contribution in [0.1, 0.15) is 39.0 Å². The van der Waals surface area contributed by atoms with Crippen LogP contribution in [0.2, 0.25) is 0 Å². The predicted molar refractivity (Wildman–Crippen MR) is 140 cm³/mol. The van der Waals surface area contributed by atoms with Crippen LogP contribution in [0.15, 0.2) is 71.1 Å². The van der Waals surface area contributed by atoms with Gasteiger partial charge in [-0.2, -0.15) is 5.26 Å². The molecule has 8 nitrogen and oxygen atoms in total. The summed E-state index contributed by atoms with van der Waals surface area (Å²) >= 11 is 0. The fourth-order valence-corrected chi connectivity index (χ4v) is 5.47. The number of carbonyl (C=O) groups excluding carboxylic acids is 1. The van der Waals surface area contributed by atoms with Gasteiger partial charge in [0.1, 0.15) is 6.07 Å². The first-order valence-electron chi connectivity index (χ1n) is 12.3. The molecule has 37 heavy (non-hydrogen) atoms. The minimum absolute atomic E-state index is 0.0133. The highest BCUT2D eigenvalue weighted by molar-refractivity contribution is 6.08. The van der Waals surface area contributed by atoms with Gasteiger partial charge in [0.25, 0.3) is 5.91 Å². The number of nitrogens with zero attached hydrogens (tertiary/aromatic N) is 6. The summed E-state index contributed by atoms with van der Waals surface area (Å²) in [6.45, 7) is 4.85. The molecule has 3 aromatic carbocycles. The summed E-state index contributed by atoms with van der Waals surface area (Å²) in [5, 5.41) is 17.9. The van der Waals surface area contributed by atoms with Crippen molar-refractivity contribution in [3.8, 4) is 17.5 Å². The molecule has 1 atom stereocenters. The number of fused-ring (bicyclic) bond motifs is 2. The van der Waals surface area contributed by atoms with Crippen molar-refractivity contribution in [1.29, 1.82) is 5.26 Å². The summed E-state index contributed by atoms with van der Waals surface area (Å²) in [7, 11) is 1.85. The van der Waals surface area contributed by atoms with Crippen molar-refractivity contribution in [3.05, 3.63) is 94.9 Å². The Bertz CT molecular complexity index is 1530. The number of rotatable bonds is 3. The lowest BCUT2D eigenvalue weighted by Gasteiger charge is -2.41. The molecule has 1 amide bonds. The van der Waals surface area contributed by atoms with Gasteiger partial charge in [0.2, 0.25) is 11.8 Å². The van der Waals surface area contributed by atoms with Gasteiger partial charge < -0.3 is 14.2 Å². The van der Waals surface area contributed by atoms with Crippen molar-refractivity contribution >= 4 is 17.3 Å². The van der Waals surface area contributed by atoms with Crippen LogP contribution in [-0.4, -0.2) is 54.2 Å². The third-order valence-corrected chi connectivity index (χ3v) is 7.29. The topological polar surface area (TPSA) is 89.5 Å². The summed E-state index contributed by atoms with van der Waals surface area (Å²) in [5.74, 6) is 0.915. The minimum atomic E-state index is -0.0259. The van der Waals surface area contributed by atoms with Gasteiger partial charge in [-0.25, -0.2) is 0 Å². The smallest absolute Gasteiger partial charge is 0.258 e. The molecule has 2 aliphatic rings. The second-order valence-electron chi connectivity index (χ2n) is 9.41. The average Bonchev–Trinajstić information content (AvgIpc) is 3.36. The monoisotopic (exact) mass is 490 g/mol. The Hall–Kier alpha value is -4.48. The van der Waals surface area contributed by atoms with Gasteiger partial charge in [-0.05, 0) is 41.5 Å². The number of anilines is 2. The Morgan fingerprint density at radius 1 is 0.919 bits per heavy atom. The van der Waals surface area contributed by atoms with Crippen LogP contribution in [0.25, 0.3) is 11.5 Å². The molecule has 1 aromatic heterocycles. The summed E-state index contributed by atoms with van der Waals surface area (Å²) < 4.78 is 5.54.